The molecule has 1 aliphatic carbocycles. The van der Waals surface area contributed by atoms with Crippen LogP contribution in [-0.2, 0) is 9.59 Å². The molecule has 1 amide bonds. The summed E-state index contributed by atoms with van der Waals surface area (Å²) in [7, 11) is 0. The van der Waals surface area contributed by atoms with Crippen molar-refractivity contribution in [3.05, 3.63) is 64.0 Å². The fraction of sp³-hybridized carbons (Fsp3) is 0.333. The van der Waals surface area contributed by atoms with Crippen molar-refractivity contribution < 1.29 is 19.1 Å². The van der Waals surface area contributed by atoms with E-state index in [1.54, 1.807) is 41.3 Å². The minimum atomic E-state index is -0.688. The Kier molecular flexibility index (Phi) is 4.91. The Morgan fingerprint density at radius 2 is 1.78 bits per heavy atom. The fourth-order valence-corrected chi connectivity index (χ4v) is 4.34. The van der Waals surface area contributed by atoms with Crippen LogP contribution in [0.2, 0.25) is 0 Å². The Balaban J connectivity index is 1.84. The first-order valence-electron chi connectivity index (χ1n) is 9.17. The van der Waals surface area contributed by atoms with Gasteiger partial charge < -0.3 is 14.4 Å². The van der Waals surface area contributed by atoms with Gasteiger partial charge in [0.15, 0.2) is 0 Å². The van der Waals surface area contributed by atoms with E-state index < -0.39 is 17.7 Å². The average Bonchev–Trinajstić information content (AvgIpc) is 3.30. The van der Waals surface area contributed by atoms with Crippen molar-refractivity contribution in [3.63, 3.8) is 0 Å². The second kappa shape index (κ2) is 7.35. The zero-order valence-electron chi connectivity index (χ0n) is 14.7. The van der Waals surface area contributed by atoms with Gasteiger partial charge in [0.05, 0.1) is 11.8 Å². The molecular formula is C21H20BrNO4. The summed E-state index contributed by atoms with van der Waals surface area (Å²) in [6.45, 7) is 0. The second-order valence-corrected chi connectivity index (χ2v) is 7.94. The van der Waals surface area contributed by atoms with Crippen LogP contribution in [0.25, 0.3) is 5.76 Å². The van der Waals surface area contributed by atoms with Crippen molar-refractivity contribution in [1.82, 2.24) is 4.90 Å². The van der Waals surface area contributed by atoms with E-state index in [2.05, 4.69) is 15.9 Å². The quantitative estimate of drug-likeness (QED) is 0.432. The van der Waals surface area contributed by atoms with E-state index in [0.29, 0.717) is 11.3 Å². The highest BCUT2D eigenvalue weighted by molar-refractivity contribution is 9.10. The topological polar surface area (TPSA) is 70.8 Å². The van der Waals surface area contributed by atoms with Gasteiger partial charge in [-0.2, -0.15) is 0 Å². The maximum absolute atomic E-state index is 12.9. The smallest absolute Gasteiger partial charge is 0.296 e. The Bertz CT molecular complexity index is 879. The summed E-state index contributed by atoms with van der Waals surface area (Å²) in [5.74, 6) is -0.872. The number of hydrogen-bond donors (Lipinski definition) is 1. The minimum Gasteiger partial charge on any atom is -0.507 e. The van der Waals surface area contributed by atoms with Gasteiger partial charge >= 0.3 is 0 Å². The maximum Gasteiger partial charge on any atom is 0.296 e. The number of hydrogen-bond acceptors (Lipinski definition) is 4. The predicted octanol–water partition coefficient (Wildman–Crippen LogP) is 4.80. The predicted molar refractivity (Wildman–Crippen MR) is 104 cm³/mol. The summed E-state index contributed by atoms with van der Waals surface area (Å²) in [6, 6.07) is 9.78. The molecule has 140 valence electrons. The SMILES string of the molecule is O=C1C(=O)N(C2CCCCC2)C(c2ccco2)/C1=C(/O)c1ccc(Br)cc1. The number of likely N-dealkylation sites (tertiary alicyclic amines) is 1. The molecule has 6 heteroatoms. The molecule has 1 saturated carbocycles. The van der Waals surface area contributed by atoms with Gasteiger partial charge in [-0.05, 0) is 37.1 Å². The van der Waals surface area contributed by atoms with E-state index in [9.17, 15) is 14.7 Å². The molecule has 5 nitrogen and oxygen atoms in total. The van der Waals surface area contributed by atoms with Crippen molar-refractivity contribution in [2.24, 2.45) is 0 Å². The van der Waals surface area contributed by atoms with E-state index in [-0.39, 0.29) is 17.4 Å². The summed E-state index contributed by atoms with van der Waals surface area (Å²) in [6.07, 6.45) is 6.46. The number of Topliss-reactive ketones (excluding diaryl/α,β-unsaturated/α-hetero) is 1. The molecule has 1 unspecified atom stereocenters. The van der Waals surface area contributed by atoms with Gasteiger partial charge in [0.2, 0.25) is 0 Å². The molecule has 2 heterocycles. The molecule has 2 fully saturated rings. The van der Waals surface area contributed by atoms with E-state index >= 15 is 0 Å². The van der Waals surface area contributed by atoms with Gasteiger partial charge in [-0.3, -0.25) is 9.59 Å². The van der Waals surface area contributed by atoms with E-state index in [1.165, 1.54) is 6.26 Å². The van der Waals surface area contributed by atoms with Crippen LogP contribution in [0.4, 0.5) is 0 Å². The molecule has 27 heavy (non-hydrogen) atoms. The Morgan fingerprint density at radius 3 is 2.41 bits per heavy atom. The Morgan fingerprint density at radius 1 is 1.07 bits per heavy atom. The third-order valence-corrected chi connectivity index (χ3v) is 5.91. The van der Waals surface area contributed by atoms with E-state index in [1.807, 2.05) is 0 Å². The number of carbonyl (C=O) groups is 2. The molecule has 1 saturated heterocycles. The fourth-order valence-electron chi connectivity index (χ4n) is 4.08. The molecule has 1 aromatic carbocycles. The Hall–Kier alpha value is -2.34. The first kappa shape index (κ1) is 18.0. The molecular weight excluding hydrogens is 410 g/mol. The number of furan rings is 1. The molecule has 2 aliphatic rings. The van der Waals surface area contributed by atoms with Crippen LogP contribution in [-0.4, -0.2) is 27.7 Å². The van der Waals surface area contributed by atoms with Gasteiger partial charge in [-0.25, -0.2) is 0 Å². The third-order valence-electron chi connectivity index (χ3n) is 5.38. The van der Waals surface area contributed by atoms with E-state index in [4.69, 9.17) is 4.42 Å². The maximum atomic E-state index is 12.9. The van der Waals surface area contributed by atoms with Crippen molar-refractivity contribution in [3.8, 4) is 0 Å². The van der Waals surface area contributed by atoms with Crippen LogP contribution >= 0.6 is 15.9 Å². The van der Waals surface area contributed by atoms with Gasteiger partial charge in [0, 0.05) is 16.1 Å². The lowest BCUT2D eigenvalue weighted by atomic mass is 9.92. The molecule has 1 aliphatic heterocycles. The molecule has 1 aromatic heterocycles. The number of aliphatic hydroxyl groups is 1. The number of carbonyl (C=O) groups excluding carboxylic acids is 2. The van der Waals surface area contributed by atoms with Crippen LogP contribution < -0.4 is 0 Å². The number of nitrogens with zero attached hydrogens (tertiary/aromatic N) is 1. The molecule has 1 N–H and O–H groups in total. The number of halogens is 1. The lowest BCUT2D eigenvalue weighted by Crippen LogP contribution is -2.40. The van der Waals surface area contributed by atoms with Gasteiger partial charge in [-0.15, -0.1) is 0 Å². The number of benzene rings is 1. The zero-order chi connectivity index (χ0) is 19.0. The number of amides is 1. The van der Waals surface area contributed by atoms with Gasteiger partial charge in [-0.1, -0.05) is 47.3 Å². The summed E-state index contributed by atoms with van der Waals surface area (Å²) in [5.41, 5.74) is 0.597. The van der Waals surface area contributed by atoms with Gasteiger partial charge in [0.1, 0.15) is 17.6 Å². The molecule has 0 spiro atoms. The molecule has 0 radical (unpaired) electrons. The number of rotatable bonds is 3. The highest BCUT2D eigenvalue weighted by Gasteiger charge is 2.50. The summed E-state index contributed by atoms with van der Waals surface area (Å²) < 4.78 is 6.44. The first-order valence-corrected chi connectivity index (χ1v) is 9.96. The van der Waals surface area contributed by atoms with Crippen LogP contribution in [0.15, 0.2) is 57.1 Å². The highest BCUT2D eigenvalue weighted by atomic mass is 79.9. The normalized spacial score (nSPS) is 23.1. The summed E-state index contributed by atoms with van der Waals surface area (Å²) in [5, 5.41) is 10.9. The van der Waals surface area contributed by atoms with Crippen LogP contribution in [0, 0.1) is 0 Å². The Labute approximate surface area is 165 Å². The van der Waals surface area contributed by atoms with Crippen molar-refractivity contribution >= 4 is 33.4 Å². The lowest BCUT2D eigenvalue weighted by molar-refractivity contribution is -0.142. The first-order chi connectivity index (χ1) is 13.1. The lowest BCUT2D eigenvalue weighted by Gasteiger charge is -2.34. The number of aliphatic hydroxyl groups excluding tert-OH is 1. The van der Waals surface area contributed by atoms with Crippen molar-refractivity contribution in [2.45, 2.75) is 44.2 Å². The number of ketones is 1. The standard InChI is InChI=1S/C21H20BrNO4/c22-14-10-8-13(9-11-14)19(24)17-18(16-7-4-12-27-16)23(21(26)20(17)25)15-5-2-1-3-6-15/h4,7-12,15,18,24H,1-3,5-6H2/b19-17-. The molecule has 0 bridgehead atoms. The monoisotopic (exact) mass is 429 g/mol. The average molecular weight is 430 g/mol. The van der Waals surface area contributed by atoms with Crippen molar-refractivity contribution in [1.29, 1.82) is 0 Å². The summed E-state index contributed by atoms with van der Waals surface area (Å²) >= 11 is 3.36. The minimum absolute atomic E-state index is 0.0134. The third kappa shape index (κ3) is 3.23. The van der Waals surface area contributed by atoms with E-state index in [0.717, 1.165) is 36.6 Å². The molecule has 1 atom stereocenters. The zero-order valence-corrected chi connectivity index (χ0v) is 16.3. The molecule has 2 aromatic rings. The highest BCUT2D eigenvalue weighted by Crippen LogP contribution is 2.43. The second-order valence-electron chi connectivity index (χ2n) is 7.02. The molecule has 4 rings (SSSR count). The largest absolute Gasteiger partial charge is 0.507 e. The van der Waals surface area contributed by atoms with Crippen molar-refractivity contribution in [2.75, 3.05) is 0 Å². The van der Waals surface area contributed by atoms with Crippen LogP contribution in [0.1, 0.15) is 49.5 Å². The summed E-state index contributed by atoms with van der Waals surface area (Å²) in [4.78, 5) is 27.4. The van der Waals surface area contributed by atoms with Crippen LogP contribution in [0.3, 0.4) is 0 Å². The van der Waals surface area contributed by atoms with Crippen LogP contribution in [0.5, 0.6) is 0 Å². The van der Waals surface area contributed by atoms with Gasteiger partial charge in [0.25, 0.3) is 11.7 Å².